The molecule has 0 radical (unpaired) electrons. The number of carbonyl (C=O) groups is 2. The van der Waals surface area contributed by atoms with Gasteiger partial charge in [0.05, 0.1) is 24.1 Å². The van der Waals surface area contributed by atoms with Crippen LogP contribution in [-0.2, 0) is 0 Å². The molecule has 2 N–H and O–H groups in total. The van der Waals surface area contributed by atoms with Crippen molar-refractivity contribution in [1.29, 1.82) is 0 Å². The van der Waals surface area contributed by atoms with E-state index in [0.29, 0.717) is 28.8 Å². The van der Waals surface area contributed by atoms with Gasteiger partial charge in [0.15, 0.2) is 5.69 Å². The van der Waals surface area contributed by atoms with Crippen LogP contribution in [0.3, 0.4) is 0 Å². The quantitative estimate of drug-likeness (QED) is 0.548. The Labute approximate surface area is 192 Å². The lowest BCUT2D eigenvalue weighted by molar-refractivity contribution is 0.0903. The van der Waals surface area contributed by atoms with Crippen LogP contribution in [0, 0.1) is 5.92 Å². The van der Waals surface area contributed by atoms with E-state index in [4.69, 9.17) is 4.52 Å². The smallest absolute Gasteiger partial charge is 0.273 e. The highest BCUT2D eigenvalue weighted by atomic mass is 16.5. The third-order valence-corrected chi connectivity index (χ3v) is 6.47. The van der Waals surface area contributed by atoms with Crippen molar-refractivity contribution in [3.63, 3.8) is 0 Å². The Morgan fingerprint density at radius 2 is 1.76 bits per heavy atom. The van der Waals surface area contributed by atoms with Gasteiger partial charge in [0.25, 0.3) is 11.8 Å². The number of anilines is 1. The molecular formula is C25H27N5O3. The maximum Gasteiger partial charge on any atom is 0.273 e. The second-order valence-corrected chi connectivity index (χ2v) is 8.94. The molecule has 1 atom stereocenters. The molecule has 8 nitrogen and oxygen atoms in total. The summed E-state index contributed by atoms with van der Waals surface area (Å²) in [5.41, 5.74) is 2.28. The molecular weight excluding hydrogens is 418 g/mol. The number of nitrogens with one attached hydrogen (secondary N) is 2. The van der Waals surface area contributed by atoms with Crippen LogP contribution in [0.4, 0.5) is 5.69 Å². The van der Waals surface area contributed by atoms with Crippen molar-refractivity contribution in [3.05, 3.63) is 71.6 Å². The van der Waals surface area contributed by atoms with Gasteiger partial charge in [-0.3, -0.25) is 9.59 Å². The van der Waals surface area contributed by atoms with E-state index in [9.17, 15) is 9.59 Å². The van der Waals surface area contributed by atoms with Crippen LogP contribution >= 0.6 is 0 Å². The summed E-state index contributed by atoms with van der Waals surface area (Å²) in [5, 5.41) is 10.0. The van der Waals surface area contributed by atoms with Gasteiger partial charge in [-0.15, -0.1) is 0 Å². The normalized spacial score (nSPS) is 17.3. The molecule has 5 rings (SSSR count). The molecule has 2 fully saturated rings. The van der Waals surface area contributed by atoms with Crippen LogP contribution in [-0.4, -0.2) is 26.9 Å². The first-order valence-electron chi connectivity index (χ1n) is 11.6. The van der Waals surface area contributed by atoms with Crippen molar-refractivity contribution in [2.24, 2.45) is 5.92 Å². The van der Waals surface area contributed by atoms with Gasteiger partial charge in [-0.1, -0.05) is 36.6 Å². The molecule has 170 valence electrons. The topological polar surface area (TPSA) is 110 Å². The lowest BCUT2D eigenvalue weighted by Gasteiger charge is -2.31. The van der Waals surface area contributed by atoms with Gasteiger partial charge in [-0.05, 0) is 49.3 Å². The predicted octanol–water partition coefficient (Wildman–Crippen LogP) is 4.65. The summed E-state index contributed by atoms with van der Waals surface area (Å²) in [7, 11) is 0. The second kappa shape index (κ2) is 9.52. The Morgan fingerprint density at radius 3 is 2.52 bits per heavy atom. The Hall–Kier alpha value is -3.55. The van der Waals surface area contributed by atoms with Crippen LogP contribution in [0.25, 0.3) is 0 Å². The Kier molecular flexibility index (Phi) is 6.15. The van der Waals surface area contributed by atoms with Gasteiger partial charge in [-0.2, -0.15) is 0 Å². The second-order valence-electron chi connectivity index (χ2n) is 8.94. The zero-order valence-electron chi connectivity index (χ0n) is 18.4. The summed E-state index contributed by atoms with van der Waals surface area (Å²) in [5.74, 6) is 1.01. The minimum absolute atomic E-state index is 0.202. The molecule has 1 unspecified atom stereocenters. The number of hydrogen-bond donors (Lipinski definition) is 2. The largest absolute Gasteiger partial charge is 0.360 e. The van der Waals surface area contributed by atoms with Crippen molar-refractivity contribution >= 4 is 17.5 Å². The molecule has 0 bridgehead atoms. The lowest BCUT2D eigenvalue weighted by atomic mass is 9.80. The fraction of sp³-hybridized carbons (Fsp3) is 0.400. The molecule has 1 aromatic carbocycles. The Bertz CT molecular complexity index is 1120. The first-order valence-corrected chi connectivity index (χ1v) is 11.6. The van der Waals surface area contributed by atoms with Gasteiger partial charge in [0.2, 0.25) is 0 Å². The van der Waals surface area contributed by atoms with Crippen molar-refractivity contribution < 1.29 is 14.1 Å². The SMILES string of the molecule is O=C(Nc1cncnc1)c1cccc(C(NC(=O)c2cc(C3CC3)on2)C2CCCCC2)c1. The zero-order valence-corrected chi connectivity index (χ0v) is 18.4. The van der Waals surface area contributed by atoms with E-state index in [1.54, 1.807) is 24.5 Å². The fourth-order valence-electron chi connectivity index (χ4n) is 4.55. The van der Waals surface area contributed by atoms with Crippen LogP contribution < -0.4 is 10.6 Å². The average molecular weight is 446 g/mol. The van der Waals surface area contributed by atoms with Crippen LogP contribution in [0.5, 0.6) is 0 Å². The van der Waals surface area contributed by atoms with Gasteiger partial charge in [0, 0.05) is 17.5 Å². The third kappa shape index (κ3) is 5.10. The highest BCUT2D eigenvalue weighted by Crippen LogP contribution is 2.40. The van der Waals surface area contributed by atoms with Gasteiger partial charge < -0.3 is 15.2 Å². The van der Waals surface area contributed by atoms with Gasteiger partial charge in [0.1, 0.15) is 12.1 Å². The number of benzene rings is 1. The highest BCUT2D eigenvalue weighted by molar-refractivity contribution is 6.04. The van der Waals surface area contributed by atoms with E-state index >= 15 is 0 Å². The highest BCUT2D eigenvalue weighted by Gasteiger charge is 2.31. The van der Waals surface area contributed by atoms with Crippen LogP contribution in [0.1, 0.15) is 89.1 Å². The summed E-state index contributed by atoms with van der Waals surface area (Å²) < 4.78 is 5.38. The lowest BCUT2D eigenvalue weighted by Crippen LogP contribution is -2.34. The maximum atomic E-state index is 13.1. The molecule has 0 aliphatic heterocycles. The van der Waals surface area contributed by atoms with Crippen molar-refractivity contribution in [2.75, 3.05) is 5.32 Å². The number of carbonyl (C=O) groups excluding carboxylic acids is 2. The van der Waals surface area contributed by atoms with Crippen molar-refractivity contribution in [1.82, 2.24) is 20.4 Å². The number of amides is 2. The summed E-state index contributed by atoms with van der Waals surface area (Å²) in [4.78, 5) is 33.7. The molecule has 2 saturated carbocycles. The molecule has 8 heteroatoms. The van der Waals surface area contributed by atoms with Crippen LogP contribution in [0.15, 0.2) is 53.6 Å². The molecule has 3 aromatic rings. The summed E-state index contributed by atoms with van der Waals surface area (Å²) >= 11 is 0. The predicted molar refractivity (Wildman–Crippen MR) is 122 cm³/mol. The Morgan fingerprint density at radius 1 is 0.970 bits per heavy atom. The molecule has 2 aliphatic carbocycles. The number of aromatic nitrogens is 3. The average Bonchev–Trinajstić information content (AvgIpc) is 3.59. The van der Waals surface area contributed by atoms with Gasteiger partial charge in [-0.25, -0.2) is 9.97 Å². The first kappa shape index (κ1) is 21.3. The zero-order chi connectivity index (χ0) is 22.6. The molecule has 33 heavy (non-hydrogen) atoms. The van der Waals surface area contributed by atoms with E-state index in [1.807, 2.05) is 18.2 Å². The van der Waals surface area contributed by atoms with Crippen molar-refractivity contribution in [3.8, 4) is 0 Å². The van der Waals surface area contributed by atoms with Gasteiger partial charge >= 0.3 is 0 Å². The van der Waals surface area contributed by atoms with Crippen LogP contribution in [0.2, 0.25) is 0 Å². The molecule has 0 saturated heterocycles. The van der Waals surface area contributed by atoms with E-state index in [-0.39, 0.29) is 17.9 Å². The first-order chi connectivity index (χ1) is 16.2. The molecule has 2 heterocycles. The molecule has 2 aromatic heterocycles. The standard InChI is InChI=1S/C25H27N5O3/c31-24(28-20-13-26-15-27-14-20)19-8-4-7-18(11-19)23(17-5-2-1-3-6-17)29-25(32)21-12-22(33-30-21)16-9-10-16/h4,7-8,11-17,23H,1-3,5-6,9-10H2,(H,28,31)(H,29,32). The maximum absolute atomic E-state index is 13.1. The third-order valence-electron chi connectivity index (χ3n) is 6.47. The van der Waals surface area contributed by atoms with E-state index in [2.05, 4.69) is 25.8 Å². The molecule has 2 amide bonds. The van der Waals surface area contributed by atoms with E-state index < -0.39 is 0 Å². The number of hydrogen-bond acceptors (Lipinski definition) is 6. The number of nitrogens with zero attached hydrogens (tertiary/aromatic N) is 3. The number of rotatable bonds is 7. The monoisotopic (exact) mass is 445 g/mol. The molecule has 2 aliphatic rings. The summed E-state index contributed by atoms with van der Waals surface area (Å²) in [6, 6.07) is 9.01. The van der Waals surface area contributed by atoms with E-state index in [1.165, 1.54) is 12.7 Å². The minimum atomic E-state index is -0.244. The van der Waals surface area contributed by atoms with Crippen molar-refractivity contribution in [2.45, 2.75) is 56.9 Å². The minimum Gasteiger partial charge on any atom is -0.360 e. The fourth-order valence-corrected chi connectivity index (χ4v) is 4.55. The van der Waals surface area contributed by atoms with E-state index in [0.717, 1.165) is 49.8 Å². The summed E-state index contributed by atoms with van der Waals surface area (Å²) in [6.07, 6.45) is 12.3. The molecule has 0 spiro atoms. The Balaban J connectivity index is 1.37. The summed E-state index contributed by atoms with van der Waals surface area (Å²) in [6.45, 7) is 0.